The highest BCUT2D eigenvalue weighted by molar-refractivity contribution is 7.99. The van der Waals surface area contributed by atoms with E-state index in [-0.39, 0.29) is 114 Å². The average Bonchev–Trinajstić information content (AvgIpc) is 3.97. The van der Waals surface area contributed by atoms with Gasteiger partial charge in [-0.15, -0.1) is 37.3 Å². The van der Waals surface area contributed by atoms with Crippen LogP contribution in [0.3, 0.4) is 0 Å². The summed E-state index contributed by atoms with van der Waals surface area (Å²) >= 11 is 1.88. The van der Waals surface area contributed by atoms with E-state index in [1.165, 1.54) is 23.6 Å². The molecule has 0 bridgehead atoms. The van der Waals surface area contributed by atoms with Crippen molar-refractivity contribution in [3.05, 3.63) is 88.5 Å². The molecule has 3 aromatic heterocycles. The predicted octanol–water partition coefficient (Wildman–Crippen LogP) is 10.0. The standard InChI is InChI=1S/C46H42N10O16S6/c1-23-13-35(52-54-41-25(3)31(21-47)44-48-34-16-27(71-4)7-8-37(34)56(44)45(41)58)38(72-9-5-11-75(59,60)61)19-32(23)50-53-36-14-24(2)33(20-39(36)73-10-6-12-76(62,63)64)51-55-46-49-42-40(78(68,69)70)18-29-26(22-57)15-28(77(65,66)67)17-30(29)43(42)74-46/h7-8,13-20,57-58H,5-6,9-12,22H2,1-4H3,(H,59,60,61)(H,62,63,64)(H,65,66,67)(H,68,69,70). The van der Waals surface area contributed by atoms with E-state index in [1.807, 2.05) is 0 Å². The topological polar surface area (TPSA) is 405 Å². The summed E-state index contributed by atoms with van der Waals surface area (Å²) in [6.45, 7) is 3.84. The minimum Gasteiger partial charge on any atom is -0.497 e. The number of aromatic hydroxyl groups is 1. The molecule has 0 amide bonds. The second kappa shape index (κ2) is 22.3. The number of aryl methyl sites for hydroxylation is 2. The fourth-order valence-electron chi connectivity index (χ4n) is 7.88. The highest BCUT2D eigenvalue weighted by Gasteiger charge is 2.25. The molecule has 78 heavy (non-hydrogen) atoms. The van der Waals surface area contributed by atoms with Gasteiger partial charge in [0.05, 0.1) is 69.5 Å². The van der Waals surface area contributed by atoms with Crippen LogP contribution in [0.1, 0.15) is 40.7 Å². The molecule has 0 saturated carbocycles. The third kappa shape index (κ3) is 12.6. The van der Waals surface area contributed by atoms with Crippen LogP contribution in [0.25, 0.3) is 37.7 Å². The fourth-order valence-corrected chi connectivity index (χ4v) is 12.2. The number of aromatic nitrogens is 3. The molecule has 3 heterocycles. The number of thioether (sulfide) groups is 1. The van der Waals surface area contributed by atoms with Crippen molar-refractivity contribution in [3.8, 4) is 23.4 Å². The van der Waals surface area contributed by atoms with Gasteiger partial charge in [-0.25, -0.2) is 9.97 Å². The Morgan fingerprint density at radius 2 is 1.40 bits per heavy atom. The molecule has 0 saturated heterocycles. The Hall–Kier alpha value is -7.16. The van der Waals surface area contributed by atoms with E-state index >= 15 is 0 Å². The normalized spacial score (nSPS) is 12.9. The van der Waals surface area contributed by atoms with Crippen molar-refractivity contribution in [3.63, 3.8) is 0 Å². The van der Waals surface area contributed by atoms with Gasteiger partial charge in [0.1, 0.15) is 39.2 Å². The van der Waals surface area contributed by atoms with E-state index in [0.717, 1.165) is 41.3 Å². The SMILES string of the molecule is COc1ccc2c(c1)nc1c(C#N)c(C)c(N=Nc3cc(C)c(N=Nc4cc(C)c(N=Nc5nc6c(S(=O)(=O)O)cc7c(CO)cc(S(=O)(=O)O)cc7c6s5)cc4SCCCS(=O)(=O)O)cc3OCCCS(=O)(=O)O)c(O)n12. The molecule has 0 aliphatic heterocycles. The van der Waals surface area contributed by atoms with E-state index in [0.29, 0.717) is 32.8 Å². The number of aliphatic hydroxyl groups excluding tert-OH is 1. The van der Waals surface area contributed by atoms with E-state index in [4.69, 9.17) is 9.47 Å². The first-order valence-corrected chi connectivity index (χ1v) is 30.4. The summed E-state index contributed by atoms with van der Waals surface area (Å²) < 4.78 is 147. The van der Waals surface area contributed by atoms with Crippen molar-refractivity contribution < 1.29 is 71.6 Å². The van der Waals surface area contributed by atoms with Gasteiger partial charge >= 0.3 is 0 Å². The Morgan fingerprint density at radius 1 is 0.744 bits per heavy atom. The zero-order chi connectivity index (χ0) is 56.6. The minimum atomic E-state index is -4.97. The number of azo groups is 3. The first-order chi connectivity index (χ1) is 36.7. The van der Waals surface area contributed by atoms with Crippen LogP contribution in [0.15, 0.2) is 106 Å². The van der Waals surface area contributed by atoms with E-state index in [9.17, 15) is 67.4 Å². The molecule has 0 atom stereocenters. The molecule has 408 valence electrons. The maximum atomic E-state index is 12.6. The van der Waals surface area contributed by atoms with Crippen molar-refractivity contribution in [1.82, 2.24) is 14.4 Å². The van der Waals surface area contributed by atoms with Gasteiger partial charge in [-0.1, -0.05) is 11.3 Å². The Kier molecular flexibility index (Phi) is 16.3. The number of hydrogen-bond acceptors (Lipinski definition) is 23. The lowest BCUT2D eigenvalue weighted by Crippen LogP contribution is -2.08. The lowest BCUT2D eigenvalue weighted by Gasteiger charge is -2.12. The molecule has 8 aromatic rings. The van der Waals surface area contributed by atoms with Gasteiger partial charge in [0.15, 0.2) is 11.3 Å². The number of imidazole rings is 1. The quantitative estimate of drug-likeness (QED) is 0.0179. The molecule has 26 nitrogen and oxygen atoms in total. The minimum absolute atomic E-state index is 0.00237. The summed E-state index contributed by atoms with van der Waals surface area (Å²) in [5, 5.41) is 58.0. The average molecular weight is 1180 g/mol. The number of aliphatic hydroxyl groups is 1. The molecule has 6 N–H and O–H groups in total. The number of hydrogen-bond donors (Lipinski definition) is 6. The second-order valence-corrected chi connectivity index (χ2v) is 25.1. The molecule has 5 aromatic carbocycles. The number of thiazole rings is 1. The highest BCUT2D eigenvalue weighted by atomic mass is 32.2. The van der Waals surface area contributed by atoms with Crippen LogP contribution in [0.4, 0.5) is 33.6 Å². The Morgan fingerprint density at radius 3 is 2.05 bits per heavy atom. The van der Waals surface area contributed by atoms with Gasteiger partial charge in [-0.2, -0.15) is 44.0 Å². The number of pyridine rings is 1. The third-order valence-corrected chi connectivity index (χ3v) is 17.0. The largest absolute Gasteiger partial charge is 0.497 e. The monoisotopic (exact) mass is 1180 g/mol. The molecular weight excluding hydrogens is 1140 g/mol. The number of methoxy groups -OCH3 is 1. The summed E-state index contributed by atoms with van der Waals surface area (Å²) in [4.78, 5) is 7.91. The molecular formula is C46H42N10O16S6. The summed E-state index contributed by atoms with van der Waals surface area (Å²) in [5.74, 6) is -0.930. The number of ether oxygens (including phenoxy) is 2. The molecule has 32 heteroatoms. The number of rotatable bonds is 20. The second-order valence-electron chi connectivity index (χ2n) is 17.0. The van der Waals surface area contributed by atoms with Gasteiger partial charge in [-0.05, 0) is 110 Å². The molecule has 0 unspecified atom stereocenters. The first kappa shape index (κ1) is 57.0. The summed E-state index contributed by atoms with van der Waals surface area (Å²) in [6, 6.07) is 16.1. The first-order valence-electron chi connectivity index (χ1n) is 22.5. The number of nitriles is 1. The zero-order valence-electron chi connectivity index (χ0n) is 40.9. The van der Waals surface area contributed by atoms with Crippen LogP contribution < -0.4 is 9.47 Å². The molecule has 8 rings (SSSR count). The van der Waals surface area contributed by atoms with Crippen molar-refractivity contribution in [1.29, 1.82) is 5.26 Å². The lowest BCUT2D eigenvalue weighted by molar-refractivity contribution is 0.283. The maximum Gasteiger partial charge on any atom is 0.296 e. The third-order valence-electron chi connectivity index (χ3n) is 11.6. The number of nitrogens with zero attached hydrogens (tertiary/aromatic N) is 10. The summed E-state index contributed by atoms with van der Waals surface area (Å²) in [7, 11) is -17.0. The van der Waals surface area contributed by atoms with Crippen molar-refractivity contribution >= 4 is 135 Å². The number of benzene rings is 5. The smallest absolute Gasteiger partial charge is 0.296 e. The lowest BCUT2D eigenvalue weighted by atomic mass is 10.0. The predicted molar refractivity (Wildman–Crippen MR) is 286 cm³/mol. The zero-order valence-corrected chi connectivity index (χ0v) is 45.8. The van der Waals surface area contributed by atoms with Crippen molar-refractivity contribution in [2.24, 2.45) is 30.7 Å². The number of fused-ring (bicyclic) bond motifs is 6. The molecule has 0 fully saturated rings. The van der Waals surface area contributed by atoms with E-state index in [1.54, 1.807) is 51.1 Å². The van der Waals surface area contributed by atoms with Crippen LogP contribution in [-0.2, 0) is 47.1 Å². The van der Waals surface area contributed by atoms with E-state index < -0.39 is 68.4 Å². The van der Waals surface area contributed by atoms with Crippen LogP contribution in [0, 0.1) is 32.1 Å². The van der Waals surface area contributed by atoms with Crippen LogP contribution in [-0.4, -0.2) is 107 Å². The van der Waals surface area contributed by atoms with Gasteiger partial charge in [-0.3, -0.25) is 22.6 Å². The van der Waals surface area contributed by atoms with Crippen molar-refractivity contribution in [2.75, 3.05) is 31.0 Å². The molecule has 0 aliphatic rings. The molecule has 0 aliphatic carbocycles. The fraction of sp³-hybridized carbons (Fsp3) is 0.239. The van der Waals surface area contributed by atoms with Crippen LogP contribution in [0.2, 0.25) is 0 Å². The Bertz CT molecular complexity index is 4390. The van der Waals surface area contributed by atoms with Gasteiger partial charge < -0.3 is 19.7 Å². The molecule has 0 spiro atoms. The Labute approximate surface area is 451 Å². The maximum absolute atomic E-state index is 12.6. The van der Waals surface area contributed by atoms with Crippen LogP contribution in [0.5, 0.6) is 17.4 Å². The highest BCUT2D eigenvalue weighted by Crippen LogP contribution is 2.44. The Balaban J connectivity index is 1.18. The summed E-state index contributed by atoms with van der Waals surface area (Å²) in [5.41, 5.74) is 2.53. The van der Waals surface area contributed by atoms with E-state index in [2.05, 4.69) is 46.7 Å². The summed E-state index contributed by atoms with van der Waals surface area (Å²) in [6.07, 6.45) is -0.144. The van der Waals surface area contributed by atoms with Crippen LogP contribution >= 0.6 is 23.1 Å². The van der Waals surface area contributed by atoms with Gasteiger partial charge in [0, 0.05) is 28.0 Å². The van der Waals surface area contributed by atoms with Gasteiger partial charge in [0.2, 0.25) is 11.0 Å². The van der Waals surface area contributed by atoms with Gasteiger partial charge in [0.25, 0.3) is 40.5 Å². The van der Waals surface area contributed by atoms with Crippen molar-refractivity contribution in [2.45, 2.75) is 54.9 Å². The molecule has 0 radical (unpaired) electrons.